The van der Waals surface area contributed by atoms with E-state index in [2.05, 4.69) is 6.07 Å². The van der Waals surface area contributed by atoms with Gasteiger partial charge >= 0.3 is 0 Å². The standard InChI is InChI=1S/C8H12N3O/c1-8-10(4-3-9)5-6-11(8)7-12-2/h5-6H,4,7H2,1-2H3/q+1. The molecule has 1 aromatic rings. The Kier molecular flexibility index (Phi) is 2.83. The lowest BCUT2D eigenvalue weighted by Crippen LogP contribution is -2.36. The molecule has 4 nitrogen and oxygen atoms in total. The van der Waals surface area contributed by atoms with E-state index >= 15 is 0 Å². The largest absolute Gasteiger partial charge is 0.345 e. The van der Waals surface area contributed by atoms with Crippen molar-refractivity contribution < 1.29 is 9.30 Å². The number of nitriles is 1. The molecule has 0 saturated heterocycles. The van der Waals surface area contributed by atoms with Crippen LogP contribution >= 0.6 is 0 Å². The van der Waals surface area contributed by atoms with Gasteiger partial charge in [-0.1, -0.05) is 0 Å². The Labute approximate surface area is 71.6 Å². The number of rotatable bonds is 3. The highest BCUT2D eigenvalue weighted by Crippen LogP contribution is 1.92. The third-order valence-corrected chi connectivity index (χ3v) is 1.77. The molecule has 0 bridgehead atoms. The molecule has 0 fully saturated rings. The van der Waals surface area contributed by atoms with E-state index in [-0.39, 0.29) is 0 Å². The Balaban J connectivity index is 2.82. The van der Waals surface area contributed by atoms with Gasteiger partial charge in [-0.25, -0.2) is 9.13 Å². The molecule has 0 atom stereocenters. The van der Waals surface area contributed by atoms with Crippen LogP contribution in [0.3, 0.4) is 0 Å². The van der Waals surface area contributed by atoms with Gasteiger partial charge in [0.2, 0.25) is 0 Å². The molecule has 0 amide bonds. The van der Waals surface area contributed by atoms with Gasteiger partial charge < -0.3 is 4.74 Å². The fourth-order valence-corrected chi connectivity index (χ4v) is 1.06. The number of aromatic nitrogens is 2. The highest BCUT2D eigenvalue weighted by atomic mass is 16.5. The first kappa shape index (κ1) is 8.75. The molecule has 12 heavy (non-hydrogen) atoms. The number of methoxy groups -OCH3 is 1. The molecule has 0 spiro atoms. The minimum atomic E-state index is 0.391. The van der Waals surface area contributed by atoms with Crippen LogP contribution in [0.25, 0.3) is 0 Å². The Hall–Kier alpha value is -1.34. The highest BCUT2D eigenvalue weighted by molar-refractivity contribution is 4.84. The average molecular weight is 166 g/mol. The van der Waals surface area contributed by atoms with Crippen LogP contribution in [0.5, 0.6) is 0 Å². The summed E-state index contributed by atoms with van der Waals surface area (Å²) in [6, 6.07) is 2.09. The Morgan fingerprint density at radius 3 is 3.08 bits per heavy atom. The lowest BCUT2D eigenvalue weighted by Gasteiger charge is -1.95. The molecule has 1 rings (SSSR count). The number of ether oxygens (including phenoxy) is 1. The van der Waals surface area contributed by atoms with Crippen LogP contribution in [-0.4, -0.2) is 11.7 Å². The van der Waals surface area contributed by atoms with E-state index in [0.29, 0.717) is 13.3 Å². The van der Waals surface area contributed by atoms with E-state index in [1.54, 1.807) is 7.11 Å². The van der Waals surface area contributed by atoms with Crippen LogP contribution in [-0.2, 0) is 18.0 Å². The molecule has 4 heteroatoms. The van der Waals surface area contributed by atoms with Crippen LogP contribution in [0.2, 0.25) is 0 Å². The van der Waals surface area contributed by atoms with Gasteiger partial charge in [-0.3, -0.25) is 0 Å². The SMILES string of the molecule is COC[n+]1ccn(CC#N)c1C. The maximum atomic E-state index is 8.47. The van der Waals surface area contributed by atoms with Crippen molar-refractivity contribution in [3.8, 4) is 6.07 Å². The molecule has 0 N–H and O–H groups in total. The summed E-state index contributed by atoms with van der Waals surface area (Å²) in [6.07, 6.45) is 3.77. The van der Waals surface area contributed by atoms with Crippen LogP contribution < -0.4 is 4.57 Å². The molecule has 1 aromatic heterocycles. The number of hydrogen-bond donors (Lipinski definition) is 0. The van der Waals surface area contributed by atoms with Gasteiger partial charge in [-0.15, -0.1) is 0 Å². The monoisotopic (exact) mass is 166 g/mol. The molecular weight excluding hydrogens is 154 g/mol. The quantitative estimate of drug-likeness (QED) is 0.602. The molecule has 0 aromatic carbocycles. The van der Waals surface area contributed by atoms with Gasteiger partial charge in [0.15, 0.2) is 13.3 Å². The molecule has 0 aliphatic heterocycles. The number of nitrogens with zero attached hydrogens (tertiary/aromatic N) is 3. The van der Waals surface area contributed by atoms with Crippen molar-refractivity contribution in [1.29, 1.82) is 5.26 Å². The predicted octanol–water partition coefficient (Wildman–Crippen LogP) is 0.211. The lowest BCUT2D eigenvalue weighted by molar-refractivity contribution is -0.736. The Morgan fingerprint density at radius 1 is 1.75 bits per heavy atom. The normalized spacial score (nSPS) is 9.75. The van der Waals surface area contributed by atoms with Crippen LogP contribution in [0.15, 0.2) is 12.4 Å². The van der Waals surface area contributed by atoms with E-state index < -0.39 is 0 Å². The van der Waals surface area contributed by atoms with Gasteiger partial charge in [-0.2, -0.15) is 5.26 Å². The fraction of sp³-hybridized carbons (Fsp3) is 0.500. The van der Waals surface area contributed by atoms with E-state index in [1.807, 2.05) is 28.5 Å². The summed E-state index contributed by atoms with van der Waals surface area (Å²) in [5.41, 5.74) is 0. The van der Waals surface area contributed by atoms with Crippen molar-refractivity contribution in [3.63, 3.8) is 0 Å². The van der Waals surface area contributed by atoms with Crippen LogP contribution in [0, 0.1) is 18.3 Å². The van der Waals surface area contributed by atoms with Crippen molar-refractivity contribution in [2.45, 2.75) is 20.2 Å². The summed E-state index contributed by atoms with van der Waals surface area (Å²) < 4.78 is 8.78. The molecule has 0 saturated carbocycles. The molecular formula is C8H12N3O+. The third-order valence-electron chi connectivity index (χ3n) is 1.77. The molecule has 1 heterocycles. The molecule has 0 radical (unpaired) electrons. The smallest absolute Gasteiger partial charge is 0.256 e. The molecule has 64 valence electrons. The second kappa shape index (κ2) is 3.88. The van der Waals surface area contributed by atoms with Gasteiger partial charge in [-0.05, 0) is 0 Å². The van der Waals surface area contributed by atoms with Gasteiger partial charge in [0.1, 0.15) is 18.5 Å². The van der Waals surface area contributed by atoms with Crippen molar-refractivity contribution in [2.24, 2.45) is 0 Å². The Bertz CT molecular complexity index is 298. The van der Waals surface area contributed by atoms with E-state index in [9.17, 15) is 0 Å². The summed E-state index contributed by atoms with van der Waals surface area (Å²) in [5, 5.41) is 8.47. The van der Waals surface area contributed by atoms with Gasteiger partial charge in [0.05, 0.1) is 0 Å². The van der Waals surface area contributed by atoms with Crippen LogP contribution in [0.1, 0.15) is 5.82 Å². The predicted molar refractivity (Wildman–Crippen MR) is 42.0 cm³/mol. The van der Waals surface area contributed by atoms with Gasteiger partial charge in [0, 0.05) is 14.0 Å². The molecule has 0 aliphatic rings. The van der Waals surface area contributed by atoms with E-state index in [4.69, 9.17) is 10.00 Å². The second-order valence-electron chi connectivity index (χ2n) is 2.52. The maximum absolute atomic E-state index is 8.47. The first-order chi connectivity index (χ1) is 5.79. The zero-order chi connectivity index (χ0) is 8.97. The summed E-state index contributed by atoms with van der Waals surface area (Å²) in [6.45, 7) is 2.88. The molecule has 0 aliphatic carbocycles. The number of imidazole rings is 1. The number of hydrogen-bond acceptors (Lipinski definition) is 2. The van der Waals surface area contributed by atoms with E-state index in [1.165, 1.54) is 0 Å². The zero-order valence-corrected chi connectivity index (χ0v) is 7.32. The topological polar surface area (TPSA) is 41.8 Å². The fourth-order valence-electron chi connectivity index (χ4n) is 1.06. The van der Waals surface area contributed by atoms with Gasteiger partial charge in [0.25, 0.3) is 5.82 Å². The van der Waals surface area contributed by atoms with Crippen molar-refractivity contribution in [1.82, 2.24) is 4.57 Å². The summed E-state index contributed by atoms with van der Waals surface area (Å²) in [4.78, 5) is 0. The van der Waals surface area contributed by atoms with Crippen molar-refractivity contribution >= 4 is 0 Å². The zero-order valence-electron chi connectivity index (χ0n) is 7.32. The van der Waals surface area contributed by atoms with E-state index in [0.717, 1.165) is 5.82 Å². The lowest BCUT2D eigenvalue weighted by atomic mass is 10.6. The third kappa shape index (κ3) is 1.63. The summed E-state index contributed by atoms with van der Waals surface area (Å²) >= 11 is 0. The average Bonchev–Trinajstić information content (AvgIpc) is 2.38. The van der Waals surface area contributed by atoms with Crippen molar-refractivity contribution in [3.05, 3.63) is 18.2 Å². The van der Waals surface area contributed by atoms with Crippen molar-refractivity contribution in [2.75, 3.05) is 7.11 Å². The molecule has 0 unspecified atom stereocenters. The first-order valence-corrected chi connectivity index (χ1v) is 3.70. The Morgan fingerprint density at radius 2 is 2.50 bits per heavy atom. The minimum absolute atomic E-state index is 0.391. The summed E-state index contributed by atoms with van der Waals surface area (Å²) in [5.74, 6) is 1.03. The second-order valence-corrected chi connectivity index (χ2v) is 2.52. The summed E-state index contributed by atoms with van der Waals surface area (Å²) in [7, 11) is 1.65. The highest BCUT2D eigenvalue weighted by Gasteiger charge is 2.09. The maximum Gasteiger partial charge on any atom is 0.256 e. The van der Waals surface area contributed by atoms with Crippen LogP contribution in [0.4, 0.5) is 0 Å². The first-order valence-electron chi connectivity index (χ1n) is 3.70. The minimum Gasteiger partial charge on any atom is -0.345 e.